The Morgan fingerprint density at radius 3 is 2.55 bits per heavy atom. The van der Waals surface area contributed by atoms with Crippen LogP contribution in [0.4, 0.5) is 11.4 Å². The third-order valence-corrected chi connectivity index (χ3v) is 4.94. The van der Waals surface area contributed by atoms with Crippen LogP contribution in [-0.2, 0) is 14.6 Å². The number of sulfone groups is 1. The molecular formula is C13H19N3O3S. The number of hydrogen-bond donors (Lipinski definition) is 2. The smallest absolute Gasteiger partial charge is 0.225 e. The molecule has 0 bridgehead atoms. The first-order valence-electron chi connectivity index (χ1n) is 6.53. The number of carbonyl (C=O) groups excluding carboxylic acids is 1. The summed E-state index contributed by atoms with van der Waals surface area (Å²) >= 11 is 0. The van der Waals surface area contributed by atoms with Crippen LogP contribution in [0.2, 0.25) is 0 Å². The van der Waals surface area contributed by atoms with Gasteiger partial charge in [0.05, 0.1) is 22.9 Å². The average molecular weight is 297 g/mol. The van der Waals surface area contributed by atoms with Gasteiger partial charge in [-0.15, -0.1) is 0 Å². The predicted molar refractivity (Wildman–Crippen MR) is 79.2 cm³/mol. The van der Waals surface area contributed by atoms with Gasteiger partial charge in [0.25, 0.3) is 0 Å². The van der Waals surface area contributed by atoms with E-state index >= 15 is 0 Å². The van der Waals surface area contributed by atoms with Gasteiger partial charge in [-0.25, -0.2) is 8.42 Å². The lowest BCUT2D eigenvalue weighted by Gasteiger charge is -2.26. The Morgan fingerprint density at radius 1 is 1.25 bits per heavy atom. The fourth-order valence-corrected chi connectivity index (χ4v) is 3.33. The molecule has 7 heteroatoms. The Hall–Kier alpha value is -1.60. The van der Waals surface area contributed by atoms with Crippen molar-refractivity contribution in [2.75, 3.05) is 42.2 Å². The van der Waals surface area contributed by atoms with Crippen molar-refractivity contribution in [2.45, 2.75) is 6.42 Å². The van der Waals surface area contributed by atoms with Crippen LogP contribution >= 0.6 is 0 Å². The minimum atomic E-state index is -2.87. The van der Waals surface area contributed by atoms with Crippen LogP contribution < -0.4 is 11.1 Å². The van der Waals surface area contributed by atoms with Gasteiger partial charge in [-0.1, -0.05) is 12.1 Å². The third kappa shape index (κ3) is 4.21. The topological polar surface area (TPSA) is 92.5 Å². The van der Waals surface area contributed by atoms with Gasteiger partial charge in [0, 0.05) is 26.1 Å². The predicted octanol–water partition coefficient (Wildman–Crippen LogP) is 0.328. The largest absolute Gasteiger partial charge is 0.397 e. The molecule has 1 amide bonds. The summed E-state index contributed by atoms with van der Waals surface area (Å²) in [5.74, 6) is 0.247. The zero-order chi connectivity index (χ0) is 14.6. The number of amides is 1. The number of hydrogen-bond acceptors (Lipinski definition) is 5. The fraction of sp³-hybridized carbons (Fsp3) is 0.462. The normalized spacial score (nSPS) is 18.6. The molecule has 1 fully saturated rings. The first-order valence-corrected chi connectivity index (χ1v) is 8.35. The lowest BCUT2D eigenvalue weighted by atomic mass is 10.2. The highest BCUT2D eigenvalue weighted by atomic mass is 32.2. The zero-order valence-electron chi connectivity index (χ0n) is 11.2. The number of carbonyl (C=O) groups is 1. The molecule has 110 valence electrons. The number of para-hydroxylation sites is 2. The van der Waals surface area contributed by atoms with E-state index in [1.165, 1.54) is 0 Å². The van der Waals surface area contributed by atoms with E-state index in [0.29, 0.717) is 37.4 Å². The van der Waals surface area contributed by atoms with Gasteiger partial charge in [0.1, 0.15) is 0 Å². The molecule has 1 aromatic carbocycles. The van der Waals surface area contributed by atoms with Gasteiger partial charge >= 0.3 is 0 Å². The van der Waals surface area contributed by atoms with Gasteiger partial charge in [-0.3, -0.25) is 4.79 Å². The lowest BCUT2D eigenvalue weighted by Crippen LogP contribution is -2.41. The molecule has 1 heterocycles. The molecule has 6 nitrogen and oxygen atoms in total. The SMILES string of the molecule is Nc1ccccc1NC(=O)CCN1CCS(=O)(=O)CC1. The monoisotopic (exact) mass is 297 g/mol. The van der Waals surface area contributed by atoms with Gasteiger partial charge < -0.3 is 16.0 Å². The van der Waals surface area contributed by atoms with Crippen molar-refractivity contribution >= 4 is 27.1 Å². The summed E-state index contributed by atoms with van der Waals surface area (Å²) in [4.78, 5) is 13.8. The molecule has 0 atom stereocenters. The van der Waals surface area contributed by atoms with E-state index in [2.05, 4.69) is 5.32 Å². The molecule has 0 saturated carbocycles. The average Bonchev–Trinajstić information content (AvgIpc) is 2.40. The molecular weight excluding hydrogens is 278 g/mol. The van der Waals surface area contributed by atoms with Crippen LogP contribution in [0, 0.1) is 0 Å². The van der Waals surface area contributed by atoms with Crippen LogP contribution in [0.25, 0.3) is 0 Å². The fourth-order valence-electron chi connectivity index (χ4n) is 2.06. The Kier molecular flexibility index (Phi) is 4.61. The lowest BCUT2D eigenvalue weighted by molar-refractivity contribution is -0.116. The second-order valence-electron chi connectivity index (χ2n) is 4.88. The summed E-state index contributed by atoms with van der Waals surface area (Å²) in [6.45, 7) is 1.57. The Balaban J connectivity index is 1.77. The number of nitrogen functional groups attached to an aromatic ring is 1. The van der Waals surface area contributed by atoms with Crippen molar-refractivity contribution in [2.24, 2.45) is 0 Å². The number of nitrogens with one attached hydrogen (secondary N) is 1. The van der Waals surface area contributed by atoms with Crippen molar-refractivity contribution in [3.8, 4) is 0 Å². The summed E-state index contributed by atoms with van der Waals surface area (Å²) < 4.78 is 22.6. The van der Waals surface area contributed by atoms with Crippen LogP contribution in [0.3, 0.4) is 0 Å². The highest BCUT2D eigenvalue weighted by molar-refractivity contribution is 7.91. The summed E-state index contributed by atoms with van der Waals surface area (Å²) in [5.41, 5.74) is 6.89. The van der Waals surface area contributed by atoms with Crippen molar-refractivity contribution in [3.63, 3.8) is 0 Å². The maximum absolute atomic E-state index is 11.8. The first kappa shape index (κ1) is 14.8. The van der Waals surface area contributed by atoms with Gasteiger partial charge in [0.15, 0.2) is 9.84 Å². The summed E-state index contributed by atoms with van der Waals surface area (Å²) in [7, 11) is -2.87. The molecule has 1 aliphatic rings. The molecule has 0 unspecified atom stereocenters. The molecule has 3 N–H and O–H groups in total. The number of anilines is 2. The van der Waals surface area contributed by atoms with E-state index in [1.54, 1.807) is 18.2 Å². The minimum Gasteiger partial charge on any atom is -0.397 e. The number of nitrogens with zero attached hydrogens (tertiary/aromatic N) is 1. The Bertz CT molecular complexity index is 572. The van der Waals surface area contributed by atoms with E-state index in [4.69, 9.17) is 5.73 Å². The Labute approximate surface area is 118 Å². The standard InChI is InChI=1S/C13H19N3O3S/c14-11-3-1-2-4-12(11)15-13(17)5-6-16-7-9-20(18,19)10-8-16/h1-4H,5-10,14H2,(H,15,17). The van der Waals surface area contributed by atoms with Crippen LogP contribution in [0.1, 0.15) is 6.42 Å². The molecule has 0 spiro atoms. The van der Waals surface area contributed by atoms with Crippen LogP contribution in [0.15, 0.2) is 24.3 Å². The molecule has 0 aromatic heterocycles. The highest BCUT2D eigenvalue weighted by Gasteiger charge is 2.21. The first-order chi connectivity index (χ1) is 9.46. The van der Waals surface area contributed by atoms with Crippen molar-refractivity contribution in [1.29, 1.82) is 0 Å². The molecule has 2 rings (SSSR count). The van der Waals surface area contributed by atoms with Crippen molar-refractivity contribution in [1.82, 2.24) is 4.90 Å². The van der Waals surface area contributed by atoms with Gasteiger partial charge in [-0.05, 0) is 12.1 Å². The van der Waals surface area contributed by atoms with Crippen molar-refractivity contribution < 1.29 is 13.2 Å². The molecule has 0 aliphatic carbocycles. The molecule has 1 aromatic rings. The number of nitrogens with two attached hydrogens (primary N) is 1. The summed E-state index contributed by atoms with van der Waals surface area (Å²) in [5, 5.41) is 2.76. The molecule has 20 heavy (non-hydrogen) atoms. The third-order valence-electron chi connectivity index (χ3n) is 3.33. The molecule has 1 saturated heterocycles. The number of rotatable bonds is 4. The summed E-state index contributed by atoms with van der Waals surface area (Å²) in [6, 6.07) is 7.09. The zero-order valence-corrected chi connectivity index (χ0v) is 12.0. The number of benzene rings is 1. The van der Waals surface area contributed by atoms with E-state index in [0.717, 1.165) is 0 Å². The van der Waals surface area contributed by atoms with E-state index in [1.807, 2.05) is 11.0 Å². The van der Waals surface area contributed by atoms with Crippen molar-refractivity contribution in [3.05, 3.63) is 24.3 Å². The maximum atomic E-state index is 11.8. The van der Waals surface area contributed by atoms with Gasteiger partial charge in [-0.2, -0.15) is 0 Å². The second kappa shape index (κ2) is 6.23. The van der Waals surface area contributed by atoms with Crippen LogP contribution in [0.5, 0.6) is 0 Å². The second-order valence-corrected chi connectivity index (χ2v) is 7.18. The quantitative estimate of drug-likeness (QED) is 0.781. The molecule has 0 radical (unpaired) electrons. The van der Waals surface area contributed by atoms with E-state index in [9.17, 15) is 13.2 Å². The maximum Gasteiger partial charge on any atom is 0.225 e. The van der Waals surface area contributed by atoms with E-state index in [-0.39, 0.29) is 17.4 Å². The van der Waals surface area contributed by atoms with E-state index < -0.39 is 9.84 Å². The Morgan fingerprint density at radius 2 is 1.90 bits per heavy atom. The van der Waals surface area contributed by atoms with Crippen LogP contribution in [-0.4, -0.2) is 50.4 Å². The highest BCUT2D eigenvalue weighted by Crippen LogP contribution is 2.16. The molecule has 1 aliphatic heterocycles. The minimum absolute atomic E-state index is 0.115. The van der Waals surface area contributed by atoms with Gasteiger partial charge in [0.2, 0.25) is 5.91 Å². The summed E-state index contributed by atoms with van der Waals surface area (Å²) in [6.07, 6.45) is 0.328.